The lowest BCUT2D eigenvalue weighted by Crippen LogP contribution is -2.53. The Morgan fingerprint density at radius 2 is 1.79 bits per heavy atom. The summed E-state index contributed by atoms with van der Waals surface area (Å²) in [4.78, 5) is 0. The molecule has 2 aromatic carbocycles. The largest absolute Gasteiger partial charge is 0.296 e. The first-order chi connectivity index (χ1) is 13.4. The lowest BCUT2D eigenvalue weighted by atomic mass is 9.81. The zero-order valence-corrected chi connectivity index (χ0v) is 17.6. The first-order valence-corrected chi connectivity index (χ1v) is 10.8. The van der Waals surface area contributed by atoms with Gasteiger partial charge in [-0.1, -0.05) is 65.0 Å². The van der Waals surface area contributed by atoms with Gasteiger partial charge >= 0.3 is 0 Å². The Morgan fingerprint density at radius 1 is 1.00 bits per heavy atom. The van der Waals surface area contributed by atoms with Gasteiger partial charge in [0.15, 0.2) is 11.0 Å². The van der Waals surface area contributed by atoms with E-state index in [4.69, 9.17) is 0 Å². The van der Waals surface area contributed by atoms with E-state index in [9.17, 15) is 0 Å². The highest BCUT2D eigenvalue weighted by Gasteiger charge is 2.74. The standard InChI is InChI=1S/C26H29N2/c1-6-25-16-26(25,7-2)28-20-14-9-8-13-19(20)27-21(24(3,4)5)15-17-11-10-12-18(25)22(17)23(27)28/h8-15H,6-7,16H2,1-5H3/q+1. The maximum absolute atomic E-state index is 2.75. The van der Waals surface area contributed by atoms with Crippen molar-refractivity contribution in [2.75, 3.05) is 0 Å². The molecule has 2 atom stereocenters. The summed E-state index contributed by atoms with van der Waals surface area (Å²) < 4.78 is 5.33. The minimum atomic E-state index is 0.0754. The number of hydrogen-bond acceptors (Lipinski definition) is 0. The van der Waals surface area contributed by atoms with Crippen LogP contribution in [-0.2, 0) is 16.4 Å². The molecule has 0 N–H and O–H groups in total. The van der Waals surface area contributed by atoms with Crippen LogP contribution in [-0.4, -0.2) is 4.40 Å². The second-order valence-corrected chi connectivity index (χ2v) is 10.0. The van der Waals surface area contributed by atoms with Crippen LogP contribution >= 0.6 is 0 Å². The number of aromatic nitrogens is 2. The Balaban J connectivity index is 1.98. The van der Waals surface area contributed by atoms with Crippen LogP contribution in [0.4, 0.5) is 0 Å². The highest BCUT2D eigenvalue weighted by molar-refractivity contribution is 6.01. The van der Waals surface area contributed by atoms with Crippen LogP contribution in [0.3, 0.4) is 0 Å². The molecule has 2 aromatic heterocycles. The molecule has 3 heterocycles. The molecule has 2 nitrogen and oxygen atoms in total. The third-order valence-corrected chi connectivity index (χ3v) is 7.90. The second-order valence-electron chi connectivity index (χ2n) is 10.0. The zero-order chi connectivity index (χ0) is 19.5. The van der Waals surface area contributed by atoms with Crippen LogP contribution in [0.15, 0.2) is 48.5 Å². The molecule has 2 heteroatoms. The molecule has 4 aromatic rings. The van der Waals surface area contributed by atoms with Crippen LogP contribution in [0.25, 0.3) is 27.5 Å². The summed E-state index contributed by atoms with van der Waals surface area (Å²) in [5.41, 5.74) is 7.73. The molecule has 142 valence electrons. The van der Waals surface area contributed by atoms with Crippen molar-refractivity contribution in [2.45, 2.75) is 70.3 Å². The molecule has 0 saturated heterocycles. The molecule has 1 saturated carbocycles. The SMILES string of the molecule is CCC12CC1(CC)[n+]1c3ccccc3n3c(C(C)(C)C)cc4cccc2c4c31. The van der Waals surface area contributed by atoms with Gasteiger partial charge in [0.1, 0.15) is 11.2 Å². The van der Waals surface area contributed by atoms with Gasteiger partial charge < -0.3 is 0 Å². The predicted molar refractivity (Wildman–Crippen MR) is 116 cm³/mol. The predicted octanol–water partition coefficient (Wildman–Crippen LogP) is 6.00. The topological polar surface area (TPSA) is 8.29 Å². The molecule has 0 spiro atoms. The average molecular weight is 370 g/mol. The summed E-state index contributed by atoms with van der Waals surface area (Å²) >= 11 is 0. The van der Waals surface area contributed by atoms with E-state index in [1.54, 1.807) is 5.56 Å². The minimum Gasteiger partial charge on any atom is -0.216 e. The van der Waals surface area contributed by atoms with Crippen LogP contribution in [0.2, 0.25) is 0 Å². The molecular formula is C26H29N2+. The highest BCUT2D eigenvalue weighted by Crippen LogP contribution is 2.67. The van der Waals surface area contributed by atoms with E-state index >= 15 is 0 Å². The molecule has 1 aliphatic heterocycles. The number of hydrogen-bond donors (Lipinski definition) is 0. The molecule has 1 fully saturated rings. The molecule has 0 radical (unpaired) electrons. The van der Waals surface area contributed by atoms with Gasteiger partial charge in [-0.3, -0.25) is 0 Å². The Hall–Kier alpha value is -2.35. The van der Waals surface area contributed by atoms with E-state index in [1.165, 1.54) is 52.4 Å². The third kappa shape index (κ3) is 1.58. The number of benzene rings is 2. The molecule has 0 bridgehead atoms. The van der Waals surface area contributed by atoms with E-state index in [0.717, 1.165) is 0 Å². The maximum Gasteiger partial charge on any atom is 0.296 e. The van der Waals surface area contributed by atoms with Gasteiger partial charge in [0.2, 0.25) is 0 Å². The Labute approximate surface area is 166 Å². The maximum atomic E-state index is 2.75. The van der Waals surface area contributed by atoms with Gasteiger partial charge in [-0.15, -0.1) is 0 Å². The lowest BCUT2D eigenvalue weighted by Gasteiger charge is -2.29. The van der Waals surface area contributed by atoms with E-state index < -0.39 is 0 Å². The van der Waals surface area contributed by atoms with Crippen molar-refractivity contribution in [3.8, 4) is 0 Å². The molecule has 1 aliphatic carbocycles. The second kappa shape index (κ2) is 4.79. The van der Waals surface area contributed by atoms with Crippen molar-refractivity contribution in [3.63, 3.8) is 0 Å². The van der Waals surface area contributed by atoms with Crippen LogP contribution in [0.5, 0.6) is 0 Å². The molecule has 6 rings (SSSR count). The monoisotopic (exact) mass is 369 g/mol. The van der Waals surface area contributed by atoms with Crippen molar-refractivity contribution in [1.29, 1.82) is 0 Å². The number of fused-ring (bicyclic) bond motifs is 6. The van der Waals surface area contributed by atoms with Crippen molar-refractivity contribution >= 4 is 27.5 Å². The van der Waals surface area contributed by atoms with Crippen molar-refractivity contribution in [3.05, 3.63) is 59.8 Å². The fraction of sp³-hybridized carbons (Fsp3) is 0.423. The summed E-state index contributed by atoms with van der Waals surface area (Å²) in [6.07, 6.45) is 3.66. The van der Waals surface area contributed by atoms with Crippen LogP contribution < -0.4 is 4.57 Å². The van der Waals surface area contributed by atoms with Crippen LogP contribution in [0, 0.1) is 0 Å². The zero-order valence-electron chi connectivity index (χ0n) is 17.6. The molecule has 0 amide bonds. The first-order valence-electron chi connectivity index (χ1n) is 10.8. The van der Waals surface area contributed by atoms with Gasteiger partial charge in [-0.2, -0.15) is 4.40 Å². The van der Waals surface area contributed by atoms with E-state index in [-0.39, 0.29) is 16.4 Å². The lowest BCUT2D eigenvalue weighted by molar-refractivity contribution is -0.697. The number of imidazole rings is 1. The summed E-state index contributed by atoms with van der Waals surface area (Å²) in [7, 11) is 0. The van der Waals surface area contributed by atoms with Gasteiger partial charge in [0.25, 0.3) is 5.65 Å². The molecular weight excluding hydrogens is 340 g/mol. The quantitative estimate of drug-likeness (QED) is 0.383. The minimum absolute atomic E-state index is 0.0754. The summed E-state index contributed by atoms with van der Waals surface area (Å²) in [6, 6.07) is 18.5. The Bertz CT molecular complexity index is 1300. The van der Waals surface area contributed by atoms with Crippen LogP contribution in [0.1, 0.15) is 65.1 Å². The Morgan fingerprint density at radius 3 is 2.50 bits per heavy atom. The number of pyridine rings is 1. The summed E-state index contributed by atoms with van der Waals surface area (Å²) in [5.74, 6) is 0. The van der Waals surface area contributed by atoms with E-state index in [2.05, 4.69) is 92.1 Å². The molecule has 2 aliphatic rings. The number of nitrogens with zero attached hydrogens (tertiary/aromatic N) is 2. The number of para-hydroxylation sites is 2. The van der Waals surface area contributed by atoms with Crippen molar-refractivity contribution in [2.24, 2.45) is 0 Å². The fourth-order valence-electron chi connectivity index (χ4n) is 6.53. The van der Waals surface area contributed by atoms with Crippen molar-refractivity contribution in [1.82, 2.24) is 4.40 Å². The normalized spacial score (nSPS) is 25.8. The first kappa shape index (κ1) is 16.6. The molecule has 2 unspecified atom stereocenters. The summed E-state index contributed by atoms with van der Waals surface area (Å²) in [5, 5.41) is 2.88. The highest BCUT2D eigenvalue weighted by atomic mass is 15.2. The van der Waals surface area contributed by atoms with Gasteiger partial charge in [0, 0.05) is 17.3 Å². The fourth-order valence-corrected chi connectivity index (χ4v) is 6.53. The van der Waals surface area contributed by atoms with E-state index in [1.807, 2.05) is 0 Å². The van der Waals surface area contributed by atoms with Gasteiger partial charge in [-0.05, 0) is 42.0 Å². The van der Waals surface area contributed by atoms with Gasteiger partial charge in [-0.25, -0.2) is 4.57 Å². The summed E-state index contributed by atoms with van der Waals surface area (Å²) in [6.45, 7) is 11.8. The van der Waals surface area contributed by atoms with E-state index in [0.29, 0.717) is 0 Å². The third-order valence-electron chi connectivity index (χ3n) is 7.90. The van der Waals surface area contributed by atoms with Crippen molar-refractivity contribution < 1.29 is 4.57 Å². The Kier molecular flexibility index (Phi) is 2.84. The molecule has 28 heavy (non-hydrogen) atoms. The smallest absolute Gasteiger partial charge is 0.216 e. The van der Waals surface area contributed by atoms with Gasteiger partial charge in [0.05, 0.1) is 5.39 Å². The number of rotatable bonds is 2. The average Bonchev–Trinajstić information content (AvgIpc) is 3.27.